The van der Waals surface area contributed by atoms with E-state index in [4.69, 9.17) is 5.11 Å². The van der Waals surface area contributed by atoms with E-state index in [0.717, 1.165) is 10.8 Å². The fraction of sp³-hybridized carbons (Fsp3) is 0.500. The lowest BCUT2D eigenvalue weighted by molar-refractivity contribution is -0.133. The Morgan fingerprint density at radius 1 is 1.48 bits per heavy atom. The fourth-order valence-corrected chi connectivity index (χ4v) is 2.87. The van der Waals surface area contributed by atoms with E-state index in [-0.39, 0.29) is 18.6 Å². The second-order valence-electron chi connectivity index (χ2n) is 4.90. The summed E-state index contributed by atoms with van der Waals surface area (Å²) < 4.78 is 1.98. The van der Waals surface area contributed by atoms with Crippen LogP contribution in [0, 0.1) is 6.92 Å². The predicted molar refractivity (Wildman–Crippen MR) is 80.9 cm³/mol. The Balaban J connectivity index is 1.99. The molecule has 0 aliphatic carbocycles. The number of carbonyl (C=O) groups excluding carboxylic acids is 1. The first-order valence-electron chi connectivity index (χ1n) is 6.88. The summed E-state index contributed by atoms with van der Waals surface area (Å²) in [6.07, 6.45) is 5.71. The summed E-state index contributed by atoms with van der Waals surface area (Å²) in [6.45, 7) is 4.64. The molecule has 7 heteroatoms. The molecule has 2 aromatic rings. The van der Waals surface area contributed by atoms with E-state index in [0.29, 0.717) is 19.5 Å². The van der Waals surface area contributed by atoms with Crippen molar-refractivity contribution in [3.63, 3.8) is 0 Å². The monoisotopic (exact) mass is 308 g/mol. The van der Waals surface area contributed by atoms with Gasteiger partial charge in [0.2, 0.25) is 5.91 Å². The number of carbonyl (C=O) groups is 1. The van der Waals surface area contributed by atoms with Crippen molar-refractivity contribution in [2.24, 2.45) is 0 Å². The van der Waals surface area contributed by atoms with Gasteiger partial charge in [-0.25, -0.2) is 9.97 Å². The quantitative estimate of drug-likeness (QED) is 0.844. The molecule has 1 amide bonds. The zero-order chi connectivity index (χ0) is 15.2. The van der Waals surface area contributed by atoms with Crippen molar-refractivity contribution in [2.75, 3.05) is 13.2 Å². The van der Waals surface area contributed by atoms with Gasteiger partial charge < -0.3 is 14.6 Å². The van der Waals surface area contributed by atoms with Crippen molar-refractivity contribution in [2.45, 2.75) is 32.9 Å². The Kier molecular flexibility index (Phi) is 5.46. The molecule has 21 heavy (non-hydrogen) atoms. The summed E-state index contributed by atoms with van der Waals surface area (Å²) in [4.78, 5) is 22.5. The number of aliphatic hydroxyl groups excluding tert-OH is 1. The summed E-state index contributed by atoms with van der Waals surface area (Å²) in [7, 11) is 0. The number of imidazole rings is 1. The maximum atomic E-state index is 12.4. The van der Waals surface area contributed by atoms with Crippen LogP contribution in [-0.4, -0.2) is 43.6 Å². The van der Waals surface area contributed by atoms with Crippen LogP contribution in [0.15, 0.2) is 24.0 Å². The Morgan fingerprint density at radius 3 is 2.86 bits per heavy atom. The molecule has 114 valence electrons. The molecule has 2 aromatic heterocycles. The van der Waals surface area contributed by atoms with Crippen LogP contribution in [0.3, 0.4) is 0 Å². The standard InChI is InChI=1S/C14H20N4O2S/c1-11(18-5-3-15-12(18)2)9-14(20)17(6-7-19)10-13-16-4-8-21-13/h3-5,8,11,19H,6-7,9-10H2,1-2H3. The SMILES string of the molecule is Cc1nccn1C(C)CC(=O)N(CCO)Cc1nccs1. The average molecular weight is 308 g/mol. The van der Waals surface area contributed by atoms with E-state index in [2.05, 4.69) is 9.97 Å². The first kappa shape index (κ1) is 15.7. The Labute approximate surface area is 128 Å². The average Bonchev–Trinajstić information content (AvgIpc) is 3.09. The smallest absolute Gasteiger partial charge is 0.225 e. The first-order chi connectivity index (χ1) is 10.1. The number of amides is 1. The van der Waals surface area contributed by atoms with Gasteiger partial charge in [0.05, 0.1) is 13.2 Å². The zero-order valence-corrected chi connectivity index (χ0v) is 13.1. The number of rotatable bonds is 7. The molecule has 0 aliphatic rings. The summed E-state index contributed by atoms with van der Waals surface area (Å²) in [6, 6.07) is 0.0393. The van der Waals surface area contributed by atoms with Gasteiger partial charge in [-0.2, -0.15) is 0 Å². The van der Waals surface area contributed by atoms with Crippen molar-refractivity contribution in [1.82, 2.24) is 19.4 Å². The molecule has 0 spiro atoms. The van der Waals surface area contributed by atoms with E-state index in [1.165, 1.54) is 11.3 Å². The number of aliphatic hydroxyl groups is 1. The van der Waals surface area contributed by atoms with Crippen LogP contribution >= 0.6 is 11.3 Å². The zero-order valence-electron chi connectivity index (χ0n) is 12.3. The largest absolute Gasteiger partial charge is 0.395 e. The second kappa shape index (κ2) is 7.33. The molecule has 2 rings (SSSR count). The predicted octanol–water partition coefficient (Wildman–Crippen LogP) is 1.62. The molecular weight excluding hydrogens is 288 g/mol. The van der Waals surface area contributed by atoms with Crippen LogP contribution in [-0.2, 0) is 11.3 Å². The summed E-state index contributed by atoms with van der Waals surface area (Å²) in [5.41, 5.74) is 0. The van der Waals surface area contributed by atoms with Gasteiger partial charge in [-0.05, 0) is 13.8 Å². The van der Waals surface area contributed by atoms with Crippen LogP contribution in [0.1, 0.15) is 30.2 Å². The first-order valence-corrected chi connectivity index (χ1v) is 7.76. The number of thiazole rings is 1. The molecule has 6 nitrogen and oxygen atoms in total. The molecule has 0 radical (unpaired) electrons. The molecular formula is C14H20N4O2S. The third-order valence-electron chi connectivity index (χ3n) is 3.34. The molecule has 0 saturated carbocycles. The lowest BCUT2D eigenvalue weighted by Crippen LogP contribution is -2.34. The van der Waals surface area contributed by atoms with Gasteiger partial charge in [0.15, 0.2) is 0 Å². The highest BCUT2D eigenvalue weighted by Gasteiger charge is 2.19. The van der Waals surface area contributed by atoms with Crippen molar-refractivity contribution >= 4 is 17.2 Å². The fourth-order valence-electron chi connectivity index (χ4n) is 2.24. The highest BCUT2D eigenvalue weighted by molar-refractivity contribution is 7.09. The van der Waals surface area contributed by atoms with E-state index >= 15 is 0 Å². The highest BCUT2D eigenvalue weighted by atomic mass is 32.1. The lowest BCUT2D eigenvalue weighted by Gasteiger charge is -2.23. The molecule has 0 fully saturated rings. The van der Waals surface area contributed by atoms with Gasteiger partial charge >= 0.3 is 0 Å². The van der Waals surface area contributed by atoms with Crippen LogP contribution in [0.4, 0.5) is 0 Å². The van der Waals surface area contributed by atoms with Gasteiger partial charge in [0, 0.05) is 43.0 Å². The van der Waals surface area contributed by atoms with Crippen molar-refractivity contribution in [3.8, 4) is 0 Å². The Bertz CT molecular complexity index is 567. The minimum atomic E-state index is -0.0460. The molecule has 0 bridgehead atoms. The maximum Gasteiger partial charge on any atom is 0.225 e. The molecule has 1 atom stereocenters. The number of hydrogen-bond acceptors (Lipinski definition) is 5. The van der Waals surface area contributed by atoms with Gasteiger partial charge in [0.1, 0.15) is 10.8 Å². The Hall–Kier alpha value is -1.73. The van der Waals surface area contributed by atoms with E-state index in [9.17, 15) is 4.79 Å². The molecule has 2 heterocycles. The molecule has 0 aliphatic heterocycles. The van der Waals surface area contributed by atoms with Gasteiger partial charge in [-0.15, -0.1) is 11.3 Å². The van der Waals surface area contributed by atoms with E-state index < -0.39 is 0 Å². The van der Waals surface area contributed by atoms with Crippen molar-refractivity contribution in [3.05, 3.63) is 34.8 Å². The second-order valence-corrected chi connectivity index (χ2v) is 5.88. The number of aromatic nitrogens is 3. The Morgan fingerprint density at radius 2 is 2.29 bits per heavy atom. The van der Waals surface area contributed by atoms with E-state index in [1.54, 1.807) is 17.3 Å². The van der Waals surface area contributed by atoms with Gasteiger partial charge in [0.25, 0.3) is 0 Å². The number of nitrogens with zero attached hydrogens (tertiary/aromatic N) is 4. The number of hydrogen-bond donors (Lipinski definition) is 1. The van der Waals surface area contributed by atoms with Crippen molar-refractivity contribution < 1.29 is 9.90 Å². The highest BCUT2D eigenvalue weighted by Crippen LogP contribution is 2.16. The molecule has 0 saturated heterocycles. The molecule has 1 N–H and O–H groups in total. The van der Waals surface area contributed by atoms with E-state index in [1.807, 2.05) is 30.0 Å². The van der Waals surface area contributed by atoms with Crippen LogP contribution < -0.4 is 0 Å². The third-order valence-corrected chi connectivity index (χ3v) is 4.10. The van der Waals surface area contributed by atoms with Crippen LogP contribution in [0.2, 0.25) is 0 Å². The summed E-state index contributed by atoms with van der Waals surface area (Å²) >= 11 is 1.51. The minimum absolute atomic E-state index is 0.0138. The third kappa shape index (κ3) is 4.12. The van der Waals surface area contributed by atoms with Crippen molar-refractivity contribution in [1.29, 1.82) is 0 Å². The number of aryl methyl sites for hydroxylation is 1. The summed E-state index contributed by atoms with van der Waals surface area (Å²) in [5.74, 6) is 0.906. The minimum Gasteiger partial charge on any atom is -0.395 e. The molecule has 0 aromatic carbocycles. The normalized spacial score (nSPS) is 12.3. The van der Waals surface area contributed by atoms with Gasteiger partial charge in [-0.3, -0.25) is 4.79 Å². The maximum absolute atomic E-state index is 12.4. The van der Waals surface area contributed by atoms with Gasteiger partial charge in [-0.1, -0.05) is 0 Å². The summed E-state index contributed by atoms with van der Waals surface area (Å²) in [5, 5.41) is 11.9. The lowest BCUT2D eigenvalue weighted by atomic mass is 10.2. The molecule has 1 unspecified atom stereocenters. The van der Waals surface area contributed by atoms with Crippen LogP contribution in [0.25, 0.3) is 0 Å². The topological polar surface area (TPSA) is 71.2 Å². The van der Waals surface area contributed by atoms with Crippen LogP contribution in [0.5, 0.6) is 0 Å².